The van der Waals surface area contributed by atoms with E-state index >= 15 is 0 Å². The molecule has 2 atom stereocenters. The molecular formula is C21H30BF3N2O4. The van der Waals surface area contributed by atoms with Crippen LogP contribution in [-0.4, -0.2) is 51.8 Å². The van der Waals surface area contributed by atoms with Crippen LogP contribution in [0.15, 0.2) is 18.2 Å². The molecule has 0 spiro atoms. The molecule has 0 bridgehead atoms. The van der Waals surface area contributed by atoms with Crippen molar-refractivity contribution in [2.24, 2.45) is 11.7 Å². The summed E-state index contributed by atoms with van der Waals surface area (Å²) in [5.74, 6) is -1.24. The number of carboxylic acid groups (broad SMARTS) is 1. The number of unbranched alkanes of at least 4 members (excludes halogenated alkanes) is 1. The van der Waals surface area contributed by atoms with Crippen LogP contribution in [0.4, 0.5) is 13.2 Å². The minimum Gasteiger partial charge on any atom is -0.480 e. The molecule has 1 aliphatic heterocycles. The van der Waals surface area contributed by atoms with Crippen molar-refractivity contribution in [2.75, 3.05) is 13.1 Å². The molecule has 1 heterocycles. The molecule has 172 valence electrons. The van der Waals surface area contributed by atoms with Gasteiger partial charge in [-0.2, -0.15) is 13.2 Å². The van der Waals surface area contributed by atoms with Gasteiger partial charge in [-0.25, -0.2) is 0 Å². The number of fused-ring (bicyclic) bond motifs is 1. The van der Waals surface area contributed by atoms with Gasteiger partial charge >= 0.3 is 19.3 Å². The highest BCUT2D eigenvalue weighted by Crippen LogP contribution is 2.42. The van der Waals surface area contributed by atoms with Gasteiger partial charge in [0.05, 0.1) is 5.56 Å². The van der Waals surface area contributed by atoms with Crippen molar-refractivity contribution >= 4 is 13.1 Å². The van der Waals surface area contributed by atoms with Crippen LogP contribution in [0.2, 0.25) is 6.32 Å². The third-order valence-electron chi connectivity index (χ3n) is 6.92. The normalized spacial score (nSPS) is 22.2. The summed E-state index contributed by atoms with van der Waals surface area (Å²) in [6.45, 7) is 1.30. The zero-order chi connectivity index (χ0) is 22.8. The first kappa shape index (κ1) is 24.0. The number of carbonyl (C=O) groups is 1. The summed E-state index contributed by atoms with van der Waals surface area (Å²) in [6, 6.07) is 4.03. The van der Waals surface area contributed by atoms with Crippen LogP contribution in [0.25, 0.3) is 0 Å². The van der Waals surface area contributed by atoms with Gasteiger partial charge in [0.1, 0.15) is 5.54 Å². The maximum atomic E-state index is 13.0. The quantitative estimate of drug-likeness (QED) is 0.365. The standard InChI is InChI=1S/C21H30BF3N2O4/c23-21(24,25)16-4-5-17-14(13-16)3-6-18(17)27-11-7-15(8-12-27)20(26,19(28)29)9-1-2-10-22(30)31/h4-5,13,15,18,30-31H,1-3,6-12,26H2,(H,28,29). The molecular weight excluding hydrogens is 412 g/mol. The van der Waals surface area contributed by atoms with E-state index in [4.69, 9.17) is 15.8 Å². The van der Waals surface area contributed by atoms with Crippen molar-refractivity contribution in [3.05, 3.63) is 34.9 Å². The Bertz CT molecular complexity index is 784. The molecule has 0 radical (unpaired) electrons. The Morgan fingerprint density at radius 2 is 1.84 bits per heavy atom. The number of carboxylic acids is 1. The third-order valence-corrected chi connectivity index (χ3v) is 6.92. The van der Waals surface area contributed by atoms with Crippen molar-refractivity contribution in [2.45, 2.75) is 69.0 Å². The van der Waals surface area contributed by atoms with E-state index in [1.165, 1.54) is 6.07 Å². The summed E-state index contributed by atoms with van der Waals surface area (Å²) < 4.78 is 39.0. The molecule has 5 N–H and O–H groups in total. The predicted molar refractivity (Wildman–Crippen MR) is 110 cm³/mol. The summed E-state index contributed by atoms with van der Waals surface area (Å²) in [6.07, 6.45) is -0.316. The van der Waals surface area contributed by atoms with Crippen LogP contribution < -0.4 is 5.73 Å². The van der Waals surface area contributed by atoms with Gasteiger partial charge < -0.3 is 20.9 Å². The van der Waals surface area contributed by atoms with E-state index < -0.39 is 30.4 Å². The summed E-state index contributed by atoms with van der Waals surface area (Å²) in [7, 11) is -1.40. The Balaban J connectivity index is 1.61. The molecule has 0 aromatic heterocycles. The summed E-state index contributed by atoms with van der Waals surface area (Å²) in [4.78, 5) is 14.2. The number of alkyl halides is 3. The number of likely N-dealkylation sites (tertiary alicyclic amines) is 1. The van der Waals surface area contributed by atoms with Crippen molar-refractivity contribution in [3.8, 4) is 0 Å². The largest absolute Gasteiger partial charge is 0.480 e. The van der Waals surface area contributed by atoms with Crippen LogP contribution in [0.5, 0.6) is 0 Å². The Hall–Kier alpha value is -1.62. The van der Waals surface area contributed by atoms with E-state index in [0.29, 0.717) is 45.2 Å². The number of piperidine rings is 1. The zero-order valence-corrected chi connectivity index (χ0v) is 17.4. The van der Waals surface area contributed by atoms with Crippen LogP contribution in [0.1, 0.15) is 61.3 Å². The first-order chi connectivity index (χ1) is 14.5. The number of nitrogens with two attached hydrogens (primary N) is 1. The molecule has 2 aliphatic rings. The fourth-order valence-electron chi connectivity index (χ4n) is 5.11. The van der Waals surface area contributed by atoms with E-state index in [0.717, 1.165) is 23.6 Å². The highest BCUT2D eigenvalue weighted by atomic mass is 19.4. The minimum atomic E-state index is -4.35. The molecule has 6 nitrogen and oxygen atoms in total. The number of aliphatic carboxylic acids is 1. The SMILES string of the molecule is NC(CCCCB(O)O)(C(=O)O)C1CCN(C2CCc3cc(C(F)(F)F)ccc32)CC1. The second-order valence-corrected chi connectivity index (χ2v) is 8.85. The minimum absolute atomic E-state index is 0.0567. The topological polar surface area (TPSA) is 107 Å². The average molecular weight is 442 g/mol. The highest BCUT2D eigenvalue weighted by molar-refractivity contribution is 6.40. The summed E-state index contributed by atoms with van der Waals surface area (Å²) in [5.41, 5.74) is 6.02. The molecule has 1 aliphatic carbocycles. The monoisotopic (exact) mass is 442 g/mol. The van der Waals surface area contributed by atoms with Crippen molar-refractivity contribution in [1.82, 2.24) is 4.90 Å². The Morgan fingerprint density at radius 3 is 2.42 bits per heavy atom. The Morgan fingerprint density at radius 1 is 1.16 bits per heavy atom. The Labute approximate surface area is 180 Å². The fraction of sp³-hybridized carbons (Fsp3) is 0.667. The molecule has 3 rings (SSSR count). The van der Waals surface area contributed by atoms with E-state index in [-0.39, 0.29) is 24.7 Å². The number of aryl methyl sites for hydroxylation is 1. The molecule has 1 aromatic carbocycles. The number of rotatable bonds is 8. The van der Waals surface area contributed by atoms with Gasteiger partial charge in [0.15, 0.2) is 0 Å². The molecule has 31 heavy (non-hydrogen) atoms. The van der Waals surface area contributed by atoms with Gasteiger partial charge in [0, 0.05) is 6.04 Å². The van der Waals surface area contributed by atoms with Gasteiger partial charge in [-0.15, -0.1) is 0 Å². The molecule has 0 amide bonds. The summed E-state index contributed by atoms with van der Waals surface area (Å²) >= 11 is 0. The first-order valence-corrected chi connectivity index (χ1v) is 10.8. The van der Waals surface area contributed by atoms with Crippen molar-refractivity contribution in [3.63, 3.8) is 0 Å². The van der Waals surface area contributed by atoms with Crippen molar-refractivity contribution < 1.29 is 33.1 Å². The number of benzene rings is 1. The smallest absolute Gasteiger partial charge is 0.451 e. The molecule has 0 saturated carbocycles. The lowest BCUT2D eigenvalue weighted by Crippen LogP contribution is -2.57. The maximum Gasteiger partial charge on any atom is 0.451 e. The number of halogens is 3. The van der Waals surface area contributed by atoms with E-state index in [1.54, 1.807) is 6.07 Å². The molecule has 1 fully saturated rings. The van der Waals surface area contributed by atoms with Crippen molar-refractivity contribution in [1.29, 1.82) is 0 Å². The van der Waals surface area contributed by atoms with Crippen LogP contribution in [-0.2, 0) is 17.4 Å². The average Bonchev–Trinajstić information content (AvgIpc) is 3.13. The van der Waals surface area contributed by atoms with E-state index in [1.807, 2.05) is 0 Å². The van der Waals surface area contributed by atoms with Crippen LogP contribution >= 0.6 is 0 Å². The fourth-order valence-corrected chi connectivity index (χ4v) is 5.11. The zero-order valence-electron chi connectivity index (χ0n) is 17.4. The van der Waals surface area contributed by atoms with Gasteiger partial charge in [0.25, 0.3) is 0 Å². The lowest BCUT2D eigenvalue weighted by molar-refractivity contribution is -0.147. The lowest BCUT2D eigenvalue weighted by Gasteiger charge is -2.42. The number of hydrogen-bond acceptors (Lipinski definition) is 5. The molecule has 10 heteroatoms. The van der Waals surface area contributed by atoms with Gasteiger partial charge in [-0.05, 0) is 80.7 Å². The first-order valence-electron chi connectivity index (χ1n) is 10.8. The summed E-state index contributed by atoms with van der Waals surface area (Å²) in [5, 5.41) is 27.7. The number of hydrogen-bond donors (Lipinski definition) is 4. The van der Waals surface area contributed by atoms with E-state index in [2.05, 4.69) is 4.90 Å². The number of nitrogens with zero attached hydrogens (tertiary/aromatic N) is 1. The van der Waals surface area contributed by atoms with Gasteiger partial charge in [-0.3, -0.25) is 9.69 Å². The second-order valence-electron chi connectivity index (χ2n) is 8.85. The van der Waals surface area contributed by atoms with Crippen LogP contribution in [0.3, 0.4) is 0 Å². The second kappa shape index (κ2) is 9.48. The Kier molecular flexibility index (Phi) is 7.35. The maximum absolute atomic E-state index is 13.0. The van der Waals surface area contributed by atoms with Crippen LogP contribution in [0, 0.1) is 5.92 Å². The highest BCUT2D eigenvalue weighted by Gasteiger charge is 2.44. The van der Waals surface area contributed by atoms with Gasteiger partial charge in [0.2, 0.25) is 0 Å². The molecule has 2 unspecified atom stereocenters. The van der Waals surface area contributed by atoms with E-state index in [9.17, 15) is 23.1 Å². The van der Waals surface area contributed by atoms with Gasteiger partial charge in [-0.1, -0.05) is 18.9 Å². The molecule has 1 saturated heterocycles. The third kappa shape index (κ3) is 5.42. The predicted octanol–water partition coefficient (Wildman–Crippen LogP) is 2.83. The lowest BCUT2D eigenvalue weighted by atomic mass is 9.74. The molecule has 1 aromatic rings.